The second-order valence-corrected chi connectivity index (χ2v) is 9.37. The van der Waals surface area contributed by atoms with Crippen molar-refractivity contribution in [2.24, 2.45) is 5.41 Å². The molecule has 0 saturated carbocycles. The third kappa shape index (κ3) is 6.81. The summed E-state index contributed by atoms with van der Waals surface area (Å²) in [7, 11) is 0. The Balaban J connectivity index is 1.93. The largest absolute Gasteiger partial charge is 0.493 e. The lowest BCUT2D eigenvalue weighted by Crippen LogP contribution is -2.43. The van der Waals surface area contributed by atoms with Gasteiger partial charge in [-0.3, -0.25) is 9.36 Å². The van der Waals surface area contributed by atoms with Gasteiger partial charge in [-0.2, -0.15) is 4.98 Å². The number of carbonyl (C=O) groups is 1. The quantitative estimate of drug-likeness (QED) is 0.496. The van der Waals surface area contributed by atoms with Crippen LogP contribution < -0.4 is 21.4 Å². The molecule has 3 rings (SSSR count). The molecule has 2 N–H and O–H groups in total. The van der Waals surface area contributed by atoms with E-state index in [0.717, 1.165) is 15.7 Å². The van der Waals surface area contributed by atoms with Crippen LogP contribution in [0.3, 0.4) is 0 Å². The second-order valence-electron chi connectivity index (χ2n) is 9.37. The summed E-state index contributed by atoms with van der Waals surface area (Å²) in [5.41, 5.74) is 1.13. The highest BCUT2D eigenvalue weighted by Crippen LogP contribution is 2.21. The SMILES string of the molecule is Cc1ccc(Cn2c(Nc3ccc(OCC(C)(C)C)cc3)nc(=O)n(CCC(=O)O)c2=O)cc1. The molecule has 0 unspecified atom stereocenters. The van der Waals surface area contributed by atoms with Gasteiger partial charge in [0.25, 0.3) is 0 Å². The van der Waals surface area contributed by atoms with Gasteiger partial charge in [0.1, 0.15) is 5.75 Å². The number of aryl methyl sites for hydroxylation is 1. The number of benzene rings is 2. The van der Waals surface area contributed by atoms with E-state index in [2.05, 4.69) is 31.1 Å². The fraction of sp³-hybridized carbons (Fsp3) is 0.360. The zero-order valence-electron chi connectivity index (χ0n) is 19.9. The molecule has 9 nitrogen and oxygen atoms in total. The predicted octanol–water partition coefficient (Wildman–Crippen LogP) is 3.40. The normalized spacial score (nSPS) is 11.3. The number of carboxylic acids is 1. The highest BCUT2D eigenvalue weighted by molar-refractivity contribution is 5.66. The van der Waals surface area contributed by atoms with Crippen LogP contribution in [0, 0.1) is 12.3 Å². The molecule has 34 heavy (non-hydrogen) atoms. The minimum Gasteiger partial charge on any atom is -0.493 e. The fourth-order valence-corrected chi connectivity index (χ4v) is 3.11. The second kappa shape index (κ2) is 10.4. The molecule has 0 atom stereocenters. The minimum absolute atomic E-state index is 0.0253. The van der Waals surface area contributed by atoms with Crippen molar-refractivity contribution in [1.82, 2.24) is 14.1 Å². The smallest absolute Gasteiger partial charge is 0.354 e. The molecule has 0 aliphatic heterocycles. The molecule has 9 heteroatoms. The van der Waals surface area contributed by atoms with Crippen molar-refractivity contribution in [3.8, 4) is 5.75 Å². The first kappa shape index (κ1) is 24.8. The van der Waals surface area contributed by atoms with Gasteiger partial charge in [-0.05, 0) is 42.2 Å². The average molecular weight is 467 g/mol. The lowest BCUT2D eigenvalue weighted by Gasteiger charge is -2.19. The molecule has 180 valence electrons. The monoisotopic (exact) mass is 466 g/mol. The summed E-state index contributed by atoms with van der Waals surface area (Å²) in [5, 5.41) is 12.0. The van der Waals surface area contributed by atoms with Crippen LogP contribution in [-0.4, -0.2) is 31.8 Å². The maximum absolute atomic E-state index is 13.2. The molecular formula is C25H30N4O5. The summed E-state index contributed by atoms with van der Waals surface area (Å²) < 4.78 is 7.96. The molecule has 0 fully saturated rings. The Hall–Kier alpha value is -3.88. The topological polar surface area (TPSA) is 115 Å². The number of nitrogens with one attached hydrogen (secondary N) is 1. The fourth-order valence-electron chi connectivity index (χ4n) is 3.11. The highest BCUT2D eigenvalue weighted by Gasteiger charge is 2.15. The standard InChI is InChI=1S/C25H30N4O5/c1-17-5-7-18(8-6-17)15-29-22(27-23(32)28(24(29)33)14-13-21(30)31)26-19-9-11-20(12-10-19)34-16-25(2,3)4/h5-12H,13-16H2,1-4H3,(H,30,31)(H,26,27,32). The van der Waals surface area contributed by atoms with E-state index in [1.165, 1.54) is 4.57 Å². The van der Waals surface area contributed by atoms with Crippen molar-refractivity contribution in [1.29, 1.82) is 0 Å². The van der Waals surface area contributed by atoms with Crippen molar-refractivity contribution in [3.05, 3.63) is 80.6 Å². The van der Waals surface area contributed by atoms with E-state index in [1.807, 2.05) is 31.2 Å². The van der Waals surface area contributed by atoms with Crippen molar-refractivity contribution in [2.75, 3.05) is 11.9 Å². The van der Waals surface area contributed by atoms with Crippen molar-refractivity contribution in [3.63, 3.8) is 0 Å². The van der Waals surface area contributed by atoms with Gasteiger partial charge < -0.3 is 15.2 Å². The number of hydrogen-bond acceptors (Lipinski definition) is 6. The van der Waals surface area contributed by atoms with Crippen LogP contribution in [0.2, 0.25) is 0 Å². The number of nitrogens with zero attached hydrogens (tertiary/aromatic N) is 3. The number of ether oxygens (including phenoxy) is 1. The van der Waals surface area contributed by atoms with Gasteiger partial charge in [0.05, 0.1) is 19.6 Å². The van der Waals surface area contributed by atoms with Gasteiger partial charge in [-0.1, -0.05) is 50.6 Å². The third-order valence-corrected chi connectivity index (χ3v) is 4.94. The molecule has 0 aliphatic carbocycles. The summed E-state index contributed by atoms with van der Waals surface area (Å²) >= 11 is 0. The molecule has 1 heterocycles. The van der Waals surface area contributed by atoms with Crippen LogP contribution in [0.15, 0.2) is 58.1 Å². The van der Waals surface area contributed by atoms with Crippen LogP contribution in [0.4, 0.5) is 11.6 Å². The molecule has 1 aromatic heterocycles. The van der Waals surface area contributed by atoms with Crippen molar-refractivity contribution >= 4 is 17.6 Å². The number of anilines is 2. The molecule has 0 spiro atoms. The number of carboxylic acid groups (broad SMARTS) is 1. The van der Waals surface area contributed by atoms with E-state index in [0.29, 0.717) is 18.0 Å². The van der Waals surface area contributed by atoms with E-state index in [1.54, 1.807) is 24.3 Å². The average Bonchev–Trinajstić information content (AvgIpc) is 2.76. The number of aliphatic carboxylic acids is 1. The van der Waals surface area contributed by atoms with Gasteiger partial charge in [0, 0.05) is 12.2 Å². The summed E-state index contributed by atoms with van der Waals surface area (Å²) in [6, 6.07) is 14.8. The Morgan fingerprint density at radius 3 is 2.26 bits per heavy atom. The molecule has 0 saturated heterocycles. The lowest BCUT2D eigenvalue weighted by molar-refractivity contribution is -0.137. The number of hydrogen-bond donors (Lipinski definition) is 2. The lowest BCUT2D eigenvalue weighted by atomic mass is 9.99. The first-order valence-corrected chi connectivity index (χ1v) is 11.0. The zero-order chi connectivity index (χ0) is 24.9. The van der Waals surface area contributed by atoms with Gasteiger partial charge in [0.15, 0.2) is 0 Å². The van der Waals surface area contributed by atoms with Gasteiger partial charge >= 0.3 is 17.3 Å². The Bertz CT molecular complexity index is 1250. The Kier molecular flexibility index (Phi) is 7.55. The van der Waals surface area contributed by atoms with Crippen LogP contribution in [-0.2, 0) is 17.9 Å². The number of aromatic nitrogens is 3. The molecule has 2 aromatic carbocycles. The summed E-state index contributed by atoms with van der Waals surface area (Å²) in [6.45, 7) is 8.68. The Labute approximate surface area is 197 Å². The first-order chi connectivity index (χ1) is 16.0. The van der Waals surface area contributed by atoms with Crippen LogP contribution in [0.5, 0.6) is 5.75 Å². The van der Waals surface area contributed by atoms with Gasteiger partial charge in [0.2, 0.25) is 5.95 Å². The molecular weight excluding hydrogens is 436 g/mol. The summed E-state index contributed by atoms with van der Waals surface area (Å²) in [4.78, 5) is 40.7. The van der Waals surface area contributed by atoms with E-state index >= 15 is 0 Å². The van der Waals surface area contributed by atoms with Crippen molar-refractivity contribution < 1.29 is 14.6 Å². The van der Waals surface area contributed by atoms with Crippen LogP contribution >= 0.6 is 0 Å². The van der Waals surface area contributed by atoms with E-state index in [9.17, 15) is 14.4 Å². The summed E-state index contributed by atoms with van der Waals surface area (Å²) in [6.07, 6.45) is -0.357. The highest BCUT2D eigenvalue weighted by atomic mass is 16.5. The van der Waals surface area contributed by atoms with E-state index in [-0.39, 0.29) is 30.9 Å². The first-order valence-electron chi connectivity index (χ1n) is 11.0. The maximum atomic E-state index is 13.2. The van der Waals surface area contributed by atoms with Gasteiger partial charge in [-0.15, -0.1) is 0 Å². The molecule has 0 bridgehead atoms. The van der Waals surface area contributed by atoms with Crippen molar-refractivity contribution in [2.45, 2.75) is 47.2 Å². The summed E-state index contributed by atoms with van der Waals surface area (Å²) in [5.74, 6) is -0.326. The molecule has 3 aromatic rings. The van der Waals surface area contributed by atoms with E-state index in [4.69, 9.17) is 9.84 Å². The Morgan fingerprint density at radius 1 is 1.03 bits per heavy atom. The van der Waals surface area contributed by atoms with E-state index < -0.39 is 17.3 Å². The van der Waals surface area contributed by atoms with Crippen LogP contribution in [0.1, 0.15) is 38.3 Å². The molecule has 0 radical (unpaired) electrons. The predicted molar refractivity (Wildman–Crippen MR) is 130 cm³/mol. The van der Waals surface area contributed by atoms with Gasteiger partial charge in [-0.25, -0.2) is 14.2 Å². The Morgan fingerprint density at radius 2 is 1.68 bits per heavy atom. The zero-order valence-corrected chi connectivity index (χ0v) is 19.9. The molecule has 0 aliphatic rings. The van der Waals surface area contributed by atoms with Crippen LogP contribution in [0.25, 0.3) is 0 Å². The third-order valence-electron chi connectivity index (χ3n) is 4.94. The number of rotatable bonds is 9. The minimum atomic E-state index is -1.10. The maximum Gasteiger partial charge on any atom is 0.354 e. The molecule has 0 amide bonds.